The topological polar surface area (TPSA) is 83.1 Å². The molecule has 0 saturated carbocycles. The van der Waals surface area contributed by atoms with E-state index in [0.717, 1.165) is 42.5 Å². The third kappa shape index (κ3) is 3.39. The second kappa shape index (κ2) is 7.13. The third-order valence-electron chi connectivity index (χ3n) is 4.71. The second-order valence-electron chi connectivity index (χ2n) is 6.52. The molecule has 0 bridgehead atoms. The fourth-order valence-corrected chi connectivity index (χ4v) is 3.37. The molecule has 1 fully saturated rings. The van der Waals surface area contributed by atoms with E-state index in [1.165, 1.54) is 0 Å². The minimum absolute atomic E-state index is 0.125. The molecule has 1 amide bonds. The molecule has 2 aromatic heterocycles. The maximum absolute atomic E-state index is 12.6. The monoisotopic (exact) mass is 351 g/mol. The van der Waals surface area contributed by atoms with Gasteiger partial charge in [-0.25, -0.2) is 4.98 Å². The van der Waals surface area contributed by atoms with E-state index in [1.807, 2.05) is 42.6 Å². The summed E-state index contributed by atoms with van der Waals surface area (Å²) in [5, 5.41) is 11.0. The van der Waals surface area contributed by atoms with Crippen LogP contribution in [-0.4, -0.2) is 52.2 Å². The summed E-state index contributed by atoms with van der Waals surface area (Å²) >= 11 is 0. The highest BCUT2D eigenvalue weighted by Crippen LogP contribution is 2.17. The van der Waals surface area contributed by atoms with Crippen LogP contribution in [-0.2, 0) is 6.54 Å². The maximum atomic E-state index is 12.6. The highest BCUT2D eigenvalue weighted by molar-refractivity contribution is 6.04. The number of carbonyl (C=O) groups is 1. The molecule has 7 nitrogen and oxygen atoms in total. The average molecular weight is 351 g/mol. The summed E-state index contributed by atoms with van der Waals surface area (Å²) in [6.07, 6.45) is 2.76. The molecular weight excluding hydrogens is 330 g/mol. The van der Waals surface area contributed by atoms with E-state index in [0.29, 0.717) is 11.6 Å². The van der Waals surface area contributed by atoms with Crippen molar-refractivity contribution < 1.29 is 9.53 Å². The van der Waals surface area contributed by atoms with Gasteiger partial charge in [-0.3, -0.25) is 14.8 Å². The lowest BCUT2D eigenvalue weighted by molar-refractivity contribution is 0.0934. The smallest absolute Gasteiger partial charge is 0.272 e. The number of aromatic amines is 1. The van der Waals surface area contributed by atoms with E-state index >= 15 is 0 Å². The molecule has 1 aromatic carbocycles. The van der Waals surface area contributed by atoms with Crippen LogP contribution in [0, 0.1) is 0 Å². The van der Waals surface area contributed by atoms with Gasteiger partial charge in [-0.05, 0) is 18.1 Å². The first kappa shape index (κ1) is 16.5. The van der Waals surface area contributed by atoms with Crippen molar-refractivity contribution in [2.45, 2.75) is 19.0 Å². The van der Waals surface area contributed by atoms with Crippen molar-refractivity contribution in [1.29, 1.82) is 0 Å². The summed E-state index contributed by atoms with van der Waals surface area (Å²) in [6, 6.07) is 11.7. The predicted octanol–water partition coefficient (Wildman–Crippen LogP) is 1.97. The van der Waals surface area contributed by atoms with Crippen LogP contribution < -0.4 is 10.1 Å². The average Bonchev–Trinajstić information content (AvgIpc) is 3.29. The van der Waals surface area contributed by atoms with Crippen LogP contribution in [0.15, 0.2) is 42.6 Å². The number of methoxy groups -OCH3 is 1. The van der Waals surface area contributed by atoms with Gasteiger partial charge in [-0.15, -0.1) is 0 Å². The molecule has 7 heteroatoms. The van der Waals surface area contributed by atoms with Crippen molar-refractivity contribution in [2.75, 3.05) is 20.2 Å². The first-order valence-corrected chi connectivity index (χ1v) is 8.68. The lowest BCUT2D eigenvalue weighted by Crippen LogP contribution is -2.37. The van der Waals surface area contributed by atoms with Crippen LogP contribution in [0.1, 0.15) is 22.5 Å². The van der Waals surface area contributed by atoms with Gasteiger partial charge in [-0.1, -0.05) is 24.3 Å². The number of nitrogens with one attached hydrogen (secondary N) is 2. The number of pyridine rings is 1. The van der Waals surface area contributed by atoms with Crippen molar-refractivity contribution in [2.24, 2.45) is 0 Å². The summed E-state index contributed by atoms with van der Waals surface area (Å²) in [7, 11) is 1.61. The molecule has 0 unspecified atom stereocenters. The van der Waals surface area contributed by atoms with Crippen LogP contribution in [0.2, 0.25) is 0 Å². The molecule has 2 N–H and O–H groups in total. The van der Waals surface area contributed by atoms with Crippen LogP contribution in [0.5, 0.6) is 5.88 Å². The largest absolute Gasteiger partial charge is 0.481 e. The van der Waals surface area contributed by atoms with Crippen LogP contribution in [0.25, 0.3) is 10.9 Å². The SMILES string of the molecule is COc1ccc(CN2CC[C@@H](NC(=O)c3n[nH]c4ccccc34)C2)cn1. The van der Waals surface area contributed by atoms with Gasteiger partial charge in [0.1, 0.15) is 0 Å². The summed E-state index contributed by atoms with van der Waals surface area (Å²) in [5.41, 5.74) is 2.46. The number of carbonyl (C=O) groups excluding carboxylic acids is 1. The molecule has 1 atom stereocenters. The third-order valence-corrected chi connectivity index (χ3v) is 4.71. The number of hydrogen-bond donors (Lipinski definition) is 2. The van der Waals surface area contributed by atoms with Gasteiger partial charge in [0, 0.05) is 43.3 Å². The molecule has 26 heavy (non-hydrogen) atoms. The van der Waals surface area contributed by atoms with Gasteiger partial charge in [0.2, 0.25) is 5.88 Å². The number of H-pyrrole nitrogens is 1. The first-order chi connectivity index (χ1) is 12.7. The molecule has 3 heterocycles. The fraction of sp³-hybridized carbons (Fsp3) is 0.316. The molecule has 0 radical (unpaired) electrons. The Balaban J connectivity index is 1.35. The van der Waals surface area contributed by atoms with Gasteiger partial charge in [0.05, 0.1) is 12.6 Å². The zero-order valence-electron chi connectivity index (χ0n) is 14.6. The van der Waals surface area contributed by atoms with Crippen molar-refractivity contribution in [1.82, 2.24) is 25.4 Å². The molecule has 1 aliphatic heterocycles. The number of rotatable bonds is 5. The van der Waals surface area contributed by atoms with Crippen LogP contribution in [0.4, 0.5) is 0 Å². The Morgan fingerprint density at radius 1 is 1.35 bits per heavy atom. The quantitative estimate of drug-likeness (QED) is 0.734. The number of ether oxygens (including phenoxy) is 1. The molecule has 3 aromatic rings. The molecular formula is C19H21N5O2. The number of para-hydroxylation sites is 1. The summed E-state index contributed by atoms with van der Waals surface area (Å²) in [5.74, 6) is 0.493. The van der Waals surface area contributed by atoms with Gasteiger partial charge < -0.3 is 10.1 Å². The van der Waals surface area contributed by atoms with Crippen LogP contribution in [0.3, 0.4) is 0 Å². The van der Waals surface area contributed by atoms with Crippen LogP contribution >= 0.6 is 0 Å². The standard InChI is InChI=1S/C19H21N5O2/c1-26-17-7-6-13(10-20-17)11-24-9-8-14(12-24)21-19(25)18-15-4-2-3-5-16(15)22-23-18/h2-7,10,14H,8-9,11-12H2,1H3,(H,21,25)(H,22,23)/t14-/m1/s1. The van der Waals surface area contributed by atoms with Crippen molar-refractivity contribution in [3.05, 3.63) is 53.9 Å². The fourth-order valence-electron chi connectivity index (χ4n) is 3.37. The number of fused-ring (bicyclic) bond motifs is 1. The first-order valence-electron chi connectivity index (χ1n) is 8.68. The second-order valence-corrected chi connectivity index (χ2v) is 6.52. The summed E-state index contributed by atoms with van der Waals surface area (Å²) < 4.78 is 5.09. The highest BCUT2D eigenvalue weighted by atomic mass is 16.5. The van der Waals surface area contributed by atoms with E-state index in [1.54, 1.807) is 7.11 Å². The molecule has 134 valence electrons. The number of nitrogens with zero attached hydrogens (tertiary/aromatic N) is 3. The molecule has 1 saturated heterocycles. The molecule has 4 rings (SSSR count). The Morgan fingerprint density at radius 3 is 3.04 bits per heavy atom. The maximum Gasteiger partial charge on any atom is 0.272 e. The highest BCUT2D eigenvalue weighted by Gasteiger charge is 2.25. The van der Waals surface area contributed by atoms with Gasteiger partial charge in [0.15, 0.2) is 5.69 Å². The van der Waals surface area contributed by atoms with Crippen molar-refractivity contribution in [3.63, 3.8) is 0 Å². The Hall–Kier alpha value is -2.93. The normalized spacial score (nSPS) is 17.5. The molecule has 1 aliphatic rings. The Kier molecular flexibility index (Phi) is 4.53. The lowest BCUT2D eigenvalue weighted by Gasteiger charge is -2.16. The van der Waals surface area contributed by atoms with E-state index < -0.39 is 0 Å². The minimum Gasteiger partial charge on any atom is -0.481 e. The number of amides is 1. The zero-order chi connectivity index (χ0) is 17.9. The Morgan fingerprint density at radius 2 is 2.23 bits per heavy atom. The Bertz CT molecular complexity index is 906. The number of hydrogen-bond acceptors (Lipinski definition) is 5. The molecule has 0 spiro atoms. The number of likely N-dealkylation sites (tertiary alicyclic amines) is 1. The van der Waals surface area contributed by atoms with E-state index in [-0.39, 0.29) is 11.9 Å². The van der Waals surface area contributed by atoms with Gasteiger partial charge in [0.25, 0.3) is 5.91 Å². The van der Waals surface area contributed by atoms with E-state index in [4.69, 9.17) is 4.74 Å². The Labute approximate surface area is 151 Å². The van der Waals surface area contributed by atoms with E-state index in [9.17, 15) is 4.79 Å². The molecule has 0 aliphatic carbocycles. The summed E-state index contributed by atoms with van der Waals surface area (Å²) in [6.45, 7) is 2.58. The predicted molar refractivity (Wildman–Crippen MR) is 98.0 cm³/mol. The van der Waals surface area contributed by atoms with Gasteiger partial charge in [-0.2, -0.15) is 5.10 Å². The lowest BCUT2D eigenvalue weighted by atomic mass is 10.2. The summed E-state index contributed by atoms with van der Waals surface area (Å²) in [4.78, 5) is 19.1. The number of aromatic nitrogens is 3. The van der Waals surface area contributed by atoms with Crippen molar-refractivity contribution in [3.8, 4) is 5.88 Å². The van der Waals surface area contributed by atoms with Crippen molar-refractivity contribution >= 4 is 16.8 Å². The zero-order valence-corrected chi connectivity index (χ0v) is 14.6. The van der Waals surface area contributed by atoms with E-state index in [2.05, 4.69) is 25.4 Å². The number of benzene rings is 1. The van der Waals surface area contributed by atoms with Gasteiger partial charge >= 0.3 is 0 Å². The minimum atomic E-state index is -0.125.